The van der Waals surface area contributed by atoms with Gasteiger partial charge < -0.3 is 10.5 Å². The Morgan fingerprint density at radius 1 is 1.29 bits per heavy atom. The number of pyridine rings is 2. The molecule has 7 heteroatoms. The van der Waals surface area contributed by atoms with Crippen molar-refractivity contribution in [3.63, 3.8) is 0 Å². The van der Waals surface area contributed by atoms with Gasteiger partial charge in [-0.15, -0.1) is 0 Å². The van der Waals surface area contributed by atoms with E-state index < -0.39 is 0 Å². The molecule has 3 aromatic heterocycles. The molecule has 0 bridgehead atoms. The molecule has 3 heterocycles. The topological polar surface area (TPSA) is 97.3 Å². The molecule has 4 aromatic rings. The van der Waals surface area contributed by atoms with Crippen LogP contribution in [0.4, 0.5) is 5.82 Å². The third-order valence-corrected chi connectivity index (χ3v) is 4.80. The molecule has 0 aliphatic rings. The van der Waals surface area contributed by atoms with Gasteiger partial charge in [-0.1, -0.05) is 23.2 Å². The van der Waals surface area contributed by atoms with Crippen LogP contribution in [0.2, 0.25) is 0 Å². The lowest BCUT2D eigenvalue weighted by molar-refractivity contribution is -0.649. The number of ether oxygens (including phenoxy) is 1. The van der Waals surface area contributed by atoms with E-state index >= 15 is 0 Å². The summed E-state index contributed by atoms with van der Waals surface area (Å²) in [4.78, 5) is 17.8. The van der Waals surface area contributed by atoms with Crippen LogP contribution in [0.15, 0.2) is 53.5 Å². The molecule has 1 aromatic carbocycles. The molecule has 0 amide bonds. The van der Waals surface area contributed by atoms with E-state index in [-0.39, 0.29) is 16.9 Å². The van der Waals surface area contributed by atoms with Gasteiger partial charge in [0.1, 0.15) is 22.8 Å². The highest BCUT2D eigenvalue weighted by Crippen LogP contribution is 2.17. The highest BCUT2D eigenvalue weighted by atomic mass is 16.5. The quantitative estimate of drug-likeness (QED) is 0.438. The maximum absolute atomic E-state index is 13.1. The predicted molar refractivity (Wildman–Crippen MR) is 105 cm³/mol. The van der Waals surface area contributed by atoms with Crippen LogP contribution in [-0.2, 0) is 6.54 Å². The van der Waals surface area contributed by atoms with E-state index in [9.17, 15) is 10.1 Å². The smallest absolute Gasteiger partial charge is 0.278 e. The Labute approximate surface area is 160 Å². The summed E-state index contributed by atoms with van der Waals surface area (Å²) >= 11 is 0. The second kappa shape index (κ2) is 6.67. The van der Waals surface area contributed by atoms with Gasteiger partial charge in [-0.2, -0.15) is 5.26 Å². The van der Waals surface area contributed by atoms with Crippen LogP contribution in [0.5, 0.6) is 5.75 Å². The number of nitriles is 1. The number of aromatic nitrogens is 3. The van der Waals surface area contributed by atoms with Gasteiger partial charge >= 0.3 is 0 Å². The zero-order chi connectivity index (χ0) is 19.8. The summed E-state index contributed by atoms with van der Waals surface area (Å²) in [5.74, 6) is 1.02. The number of nitrogen functional groups attached to an aromatic ring is 1. The molecular weight excluding hydrogens is 354 g/mol. The minimum atomic E-state index is -0.233. The highest BCUT2D eigenvalue weighted by molar-refractivity contribution is 5.77. The van der Waals surface area contributed by atoms with Crippen LogP contribution in [-0.4, -0.2) is 16.5 Å². The first-order valence-corrected chi connectivity index (χ1v) is 8.70. The molecule has 2 N–H and O–H groups in total. The fraction of sp³-hybridized carbons (Fsp3) is 0.143. The Bertz CT molecular complexity index is 1320. The van der Waals surface area contributed by atoms with Gasteiger partial charge in [-0.25, -0.2) is 4.57 Å². The Kier molecular flexibility index (Phi) is 4.17. The van der Waals surface area contributed by atoms with Gasteiger partial charge in [0.25, 0.3) is 11.2 Å². The zero-order valence-electron chi connectivity index (χ0n) is 15.5. The third-order valence-electron chi connectivity index (χ3n) is 4.80. The molecule has 0 aliphatic carbocycles. The monoisotopic (exact) mass is 372 g/mol. The van der Waals surface area contributed by atoms with Crippen LogP contribution in [0.1, 0.15) is 16.7 Å². The summed E-state index contributed by atoms with van der Waals surface area (Å²) in [6, 6.07) is 14.8. The second-order valence-corrected chi connectivity index (χ2v) is 6.53. The lowest BCUT2D eigenvalue weighted by atomic mass is 10.1. The molecule has 0 saturated heterocycles. The Hall–Kier alpha value is -3.92. The van der Waals surface area contributed by atoms with Crippen molar-refractivity contribution in [2.45, 2.75) is 13.5 Å². The van der Waals surface area contributed by atoms with E-state index in [2.05, 4.69) is 6.07 Å². The van der Waals surface area contributed by atoms with Crippen molar-refractivity contribution >= 4 is 22.5 Å². The molecule has 4 rings (SSSR count). The minimum absolute atomic E-state index is 0.233. The number of hydrogen-bond donors (Lipinski definition) is 1. The number of benzene rings is 1. The summed E-state index contributed by atoms with van der Waals surface area (Å²) in [5.41, 5.74) is 9.11. The Balaban J connectivity index is 2.03. The van der Waals surface area contributed by atoms with Crippen LogP contribution in [0.3, 0.4) is 0 Å². The largest absolute Gasteiger partial charge is 0.497 e. The molecule has 0 aliphatic heterocycles. The average molecular weight is 372 g/mol. The highest BCUT2D eigenvalue weighted by Gasteiger charge is 2.21. The van der Waals surface area contributed by atoms with Crippen molar-refractivity contribution < 1.29 is 9.30 Å². The molecule has 0 fully saturated rings. The minimum Gasteiger partial charge on any atom is -0.497 e. The number of methoxy groups -OCH3 is 1. The molecule has 0 unspecified atom stereocenters. The first kappa shape index (κ1) is 17.5. The van der Waals surface area contributed by atoms with Crippen LogP contribution < -0.4 is 20.6 Å². The number of hydrogen-bond acceptors (Lipinski definition) is 5. The first-order chi connectivity index (χ1) is 13.5. The molecule has 0 radical (unpaired) electrons. The maximum Gasteiger partial charge on any atom is 0.278 e. The normalized spacial score (nSPS) is 10.9. The van der Waals surface area contributed by atoms with Gasteiger partial charge in [-0.05, 0) is 36.8 Å². The van der Waals surface area contributed by atoms with Crippen LogP contribution in [0.25, 0.3) is 16.7 Å². The van der Waals surface area contributed by atoms with Crippen molar-refractivity contribution in [2.24, 2.45) is 0 Å². The number of fused-ring (bicyclic) bond motifs is 2. The fourth-order valence-corrected chi connectivity index (χ4v) is 3.27. The lowest BCUT2D eigenvalue weighted by Crippen LogP contribution is -2.41. The van der Waals surface area contributed by atoms with Gasteiger partial charge in [0, 0.05) is 11.8 Å². The molecule has 28 heavy (non-hydrogen) atoms. The van der Waals surface area contributed by atoms with Crippen LogP contribution in [0, 0.1) is 18.3 Å². The van der Waals surface area contributed by atoms with E-state index in [0.717, 1.165) is 16.9 Å². The number of rotatable bonds is 3. The van der Waals surface area contributed by atoms with Crippen molar-refractivity contribution in [1.29, 1.82) is 5.26 Å². The molecule has 0 spiro atoms. The molecule has 0 atom stereocenters. The second-order valence-electron chi connectivity index (χ2n) is 6.53. The molecule has 0 saturated carbocycles. The van der Waals surface area contributed by atoms with E-state index in [0.29, 0.717) is 23.2 Å². The summed E-state index contributed by atoms with van der Waals surface area (Å²) in [7, 11) is 1.61. The average Bonchev–Trinajstić information content (AvgIpc) is 2.71. The molecule has 138 valence electrons. The molecular formula is C21H18N5O2+. The SMILES string of the molecule is COc1ccc(C[n+]2c(N)c(C#N)cc3c(=O)n4cccc(C)c4nc32)cc1. The summed E-state index contributed by atoms with van der Waals surface area (Å²) in [6.45, 7) is 2.27. The standard InChI is InChI=1S/C21H17N5O2/c1-13-4-3-9-25-19(13)24-20-17(21(25)27)10-15(11-22)18(23)26(20)12-14-5-7-16(28-2)8-6-14/h3-10,23H,12H2,1-2H3/p+1. The van der Waals surface area contributed by atoms with Crippen LogP contribution >= 0.6 is 0 Å². The van der Waals surface area contributed by atoms with Gasteiger partial charge in [0.15, 0.2) is 0 Å². The van der Waals surface area contributed by atoms with E-state index in [1.165, 1.54) is 10.5 Å². The number of nitrogens with two attached hydrogens (primary N) is 1. The predicted octanol–water partition coefficient (Wildman–Crippen LogP) is 1.95. The van der Waals surface area contributed by atoms with Gasteiger partial charge in [-0.3, -0.25) is 9.20 Å². The molecule has 7 nitrogen and oxygen atoms in total. The van der Waals surface area contributed by atoms with E-state index in [1.54, 1.807) is 23.9 Å². The lowest BCUT2D eigenvalue weighted by Gasteiger charge is -2.10. The Morgan fingerprint density at radius 3 is 2.71 bits per heavy atom. The fourth-order valence-electron chi connectivity index (χ4n) is 3.27. The summed E-state index contributed by atoms with van der Waals surface area (Å²) in [5, 5.41) is 9.85. The van der Waals surface area contributed by atoms with Gasteiger partial charge in [0.2, 0.25) is 11.5 Å². The first-order valence-electron chi connectivity index (χ1n) is 8.70. The van der Waals surface area contributed by atoms with E-state index in [1.807, 2.05) is 37.3 Å². The number of aryl methyl sites for hydroxylation is 1. The van der Waals surface area contributed by atoms with Crippen molar-refractivity contribution in [1.82, 2.24) is 9.38 Å². The summed E-state index contributed by atoms with van der Waals surface area (Å²) < 4.78 is 8.40. The number of nitrogens with zero attached hydrogens (tertiary/aromatic N) is 4. The number of anilines is 1. The van der Waals surface area contributed by atoms with E-state index in [4.69, 9.17) is 15.5 Å². The van der Waals surface area contributed by atoms with Crippen molar-refractivity contribution in [2.75, 3.05) is 12.8 Å². The maximum atomic E-state index is 13.1. The Morgan fingerprint density at radius 2 is 2.04 bits per heavy atom. The summed E-state index contributed by atoms with van der Waals surface area (Å²) in [6.07, 6.45) is 1.67. The van der Waals surface area contributed by atoms with Gasteiger partial charge in [0.05, 0.1) is 13.7 Å². The van der Waals surface area contributed by atoms with Crippen molar-refractivity contribution in [3.8, 4) is 11.8 Å². The van der Waals surface area contributed by atoms with Crippen molar-refractivity contribution in [3.05, 3.63) is 75.7 Å². The third kappa shape index (κ3) is 2.72. The zero-order valence-corrected chi connectivity index (χ0v) is 15.5.